The second-order valence-corrected chi connectivity index (χ2v) is 22.0. The van der Waals surface area contributed by atoms with E-state index in [0.717, 1.165) is 9.97 Å². The third-order valence-electron chi connectivity index (χ3n) is 9.27. The maximum atomic E-state index is 14.2. The van der Waals surface area contributed by atoms with Gasteiger partial charge >= 0.3 is 276 Å². The number of Topliss-reactive ketones (excluding diaryl/α,β-unsaturated/α-hetero) is 1. The molecule has 0 aromatic heterocycles. The van der Waals surface area contributed by atoms with Crippen LogP contribution in [0.4, 0.5) is 0 Å². The zero-order chi connectivity index (χ0) is 32.3. The average Bonchev–Trinajstić information content (AvgIpc) is 3.57. The number of nitrogens with zero attached hydrogens (tertiary/aromatic N) is 1. The molecule has 1 heterocycles. The van der Waals surface area contributed by atoms with Gasteiger partial charge in [-0.25, -0.2) is 0 Å². The van der Waals surface area contributed by atoms with Crippen LogP contribution < -0.4 is 13.2 Å². The first-order chi connectivity index (χ1) is 22.2. The van der Waals surface area contributed by atoms with E-state index >= 15 is 0 Å². The topological polar surface area (TPSA) is 54.5 Å². The molecule has 0 spiro atoms. The van der Waals surface area contributed by atoms with Crippen molar-refractivity contribution in [1.82, 2.24) is 4.31 Å². The van der Waals surface area contributed by atoms with Gasteiger partial charge in [0.15, 0.2) is 0 Å². The Hall–Kier alpha value is -4.30. The van der Waals surface area contributed by atoms with Crippen LogP contribution in [0.25, 0.3) is 0 Å². The Morgan fingerprint density at radius 2 is 1.04 bits per heavy atom. The maximum absolute atomic E-state index is 14.2. The first-order valence-corrected chi connectivity index (χ1v) is 21.1. The van der Waals surface area contributed by atoms with E-state index in [-0.39, 0.29) is 29.7 Å². The molecule has 0 amide bonds. The van der Waals surface area contributed by atoms with Gasteiger partial charge < -0.3 is 0 Å². The zero-order valence-electron chi connectivity index (χ0n) is 25.9. The van der Waals surface area contributed by atoms with E-state index in [2.05, 4.69) is 79.4 Å². The molecule has 1 aliphatic rings. The van der Waals surface area contributed by atoms with Gasteiger partial charge in [0.05, 0.1) is 0 Å². The van der Waals surface area contributed by atoms with Crippen LogP contribution >= 0.6 is 0 Å². The monoisotopic (exact) mass is 685 g/mol. The number of sulfonamides is 1. The molecule has 5 aromatic rings. The Kier molecular flexibility index (Phi) is 9.09. The first kappa shape index (κ1) is 31.7. The summed E-state index contributed by atoms with van der Waals surface area (Å²) in [7, 11) is -3.86. The second-order valence-electron chi connectivity index (χ2n) is 11.9. The van der Waals surface area contributed by atoms with Crippen molar-refractivity contribution in [2.75, 3.05) is 13.1 Å². The third-order valence-corrected chi connectivity index (χ3v) is 21.5. The fraction of sp³-hybridized carbons (Fsp3) is 0.125. The number of hydrogen-bond donors (Lipinski definition) is 0. The van der Waals surface area contributed by atoms with Crippen molar-refractivity contribution in [2.45, 2.75) is 11.8 Å². The van der Waals surface area contributed by atoms with Crippen molar-refractivity contribution in [2.24, 2.45) is 11.8 Å². The van der Waals surface area contributed by atoms with Crippen LogP contribution in [0.3, 0.4) is 0 Å². The van der Waals surface area contributed by atoms with Crippen LogP contribution in [0.1, 0.15) is 15.9 Å². The Morgan fingerprint density at radius 1 is 0.630 bits per heavy atom. The molecule has 4 nitrogen and oxygen atoms in total. The van der Waals surface area contributed by atoms with E-state index in [1.165, 1.54) is 17.5 Å². The quantitative estimate of drug-likeness (QED) is 0.104. The van der Waals surface area contributed by atoms with Crippen molar-refractivity contribution in [1.29, 1.82) is 0 Å². The standard InChI is InChI=1S/C40H37GeNO3S/c1-30-24-26-37(27-25-30)46(44,45)42-28-38(31(2)40(43)33-16-8-4-9-17-33)39(29-42)32(3)41(34-18-10-5-11-19-34,35-20-12-6-13-21-35)36-22-14-7-15-23-36/h4-27,38-39H,2-3,28-29H2,1H3. The second kappa shape index (κ2) is 13.2. The van der Waals surface area contributed by atoms with Crippen molar-refractivity contribution in [3.05, 3.63) is 180 Å². The Labute approximate surface area is 275 Å². The van der Waals surface area contributed by atoms with Gasteiger partial charge in [-0.1, -0.05) is 0 Å². The van der Waals surface area contributed by atoms with Gasteiger partial charge in [0.1, 0.15) is 0 Å². The van der Waals surface area contributed by atoms with E-state index in [4.69, 9.17) is 6.58 Å². The molecule has 0 radical (unpaired) electrons. The minimum atomic E-state index is -3.86. The molecule has 0 aliphatic carbocycles. The van der Waals surface area contributed by atoms with Crippen molar-refractivity contribution < 1.29 is 13.2 Å². The fourth-order valence-corrected chi connectivity index (χ4v) is 18.9. The summed E-state index contributed by atoms with van der Waals surface area (Å²) >= 11 is -3.81. The number of benzene rings is 5. The van der Waals surface area contributed by atoms with E-state index < -0.39 is 29.2 Å². The van der Waals surface area contributed by atoms with Gasteiger partial charge in [0.2, 0.25) is 0 Å². The molecule has 46 heavy (non-hydrogen) atoms. The minimum absolute atomic E-state index is 0.147. The number of carbonyl (C=O) groups excluding carboxylic acids is 1. The summed E-state index contributed by atoms with van der Waals surface area (Å²) in [5, 5.41) is 0. The number of rotatable bonds is 10. The normalized spacial score (nSPS) is 17.0. The predicted octanol–water partition coefficient (Wildman–Crippen LogP) is 5.94. The van der Waals surface area contributed by atoms with Gasteiger partial charge in [-0.2, -0.15) is 0 Å². The molecule has 1 saturated heterocycles. The molecule has 0 bridgehead atoms. The van der Waals surface area contributed by atoms with Crippen molar-refractivity contribution in [3.8, 4) is 0 Å². The van der Waals surface area contributed by atoms with E-state index in [1.807, 2.05) is 55.5 Å². The summed E-state index contributed by atoms with van der Waals surface area (Å²) in [6, 6.07) is 47.6. The average molecular weight is 684 g/mol. The van der Waals surface area contributed by atoms with Gasteiger partial charge in [-0.15, -0.1) is 0 Å². The van der Waals surface area contributed by atoms with E-state index in [1.54, 1.807) is 24.3 Å². The molecule has 1 fully saturated rings. The summed E-state index contributed by atoms with van der Waals surface area (Å²) in [4.78, 5) is 14.2. The summed E-state index contributed by atoms with van der Waals surface area (Å²) < 4.78 is 34.5. The van der Waals surface area contributed by atoms with E-state index in [0.29, 0.717) is 11.1 Å². The SMILES string of the molecule is C=C(C(=O)c1ccccc1)C1CN(S(=O)(=O)c2ccc(C)cc2)CC1[C](=C)[Ge]([c]1ccccc1)([c]1ccccc1)[c]1ccccc1. The molecular formula is C40H37GeNO3S. The summed E-state index contributed by atoms with van der Waals surface area (Å²) in [5.74, 6) is -0.974. The molecule has 0 saturated carbocycles. The summed E-state index contributed by atoms with van der Waals surface area (Å²) in [6.07, 6.45) is 0. The third kappa shape index (κ3) is 5.75. The van der Waals surface area contributed by atoms with Gasteiger partial charge in [0.25, 0.3) is 0 Å². The molecular weight excluding hydrogens is 647 g/mol. The van der Waals surface area contributed by atoms with Crippen LogP contribution in [0.15, 0.2) is 174 Å². The van der Waals surface area contributed by atoms with Crippen LogP contribution in [0.5, 0.6) is 0 Å². The Morgan fingerprint density at radius 3 is 1.50 bits per heavy atom. The van der Waals surface area contributed by atoms with Crippen molar-refractivity contribution in [3.63, 3.8) is 0 Å². The van der Waals surface area contributed by atoms with Crippen molar-refractivity contribution >= 4 is 42.3 Å². The van der Waals surface area contributed by atoms with Crippen LogP contribution in [-0.4, -0.2) is 44.9 Å². The zero-order valence-corrected chi connectivity index (χ0v) is 28.8. The van der Waals surface area contributed by atoms with Crippen LogP contribution in [0.2, 0.25) is 0 Å². The molecule has 1 aliphatic heterocycles. The Bertz CT molecular complexity index is 1860. The van der Waals surface area contributed by atoms with Crippen LogP contribution in [-0.2, 0) is 10.0 Å². The van der Waals surface area contributed by atoms with E-state index in [9.17, 15) is 13.2 Å². The van der Waals surface area contributed by atoms with Gasteiger partial charge in [0, 0.05) is 0 Å². The number of carbonyl (C=O) groups is 1. The molecule has 2 atom stereocenters. The first-order valence-electron chi connectivity index (χ1n) is 15.5. The predicted molar refractivity (Wildman–Crippen MR) is 190 cm³/mol. The molecule has 0 N–H and O–H groups in total. The number of hydrogen-bond acceptors (Lipinski definition) is 3. The molecule has 230 valence electrons. The fourth-order valence-electron chi connectivity index (χ4n) is 6.87. The molecule has 6 heteroatoms. The van der Waals surface area contributed by atoms with Gasteiger partial charge in [-0.3, -0.25) is 0 Å². The summed E-state index contributed by atoms with van der Waals surface area (Å²) in [6.45, 7) is 11.6. The van der Waals surface area contributed by atoms with Gasteiger partial charge in [-0.05, 0) is 0 Å². The molecule has 2 unspecified atom stereocenters. The number of aryl methyl sites for hydroxylation is 1. The molecule has 6 rings (SSSR count). The number of ketones is 1. The summed E-state index contributed by atoms with van der Waals surface area (Å²) in [5.41, 5.74) is 1.93. The van der Waals surface area contributed by atoms with Crippen LogP contribution in [0, 0.1) is 18.8 Å². The molecule has 5 aromatic carbocycles. The Balaban J connectivity index is 1.54.